The summed E-state index contributed by atoms with van der Waals surface area (Å²) in [5, 5.41) is 14.0. The molecule has 2 rings (SSSR count). The maximum absolute atomic E-state index is 9.66. The predicted molar refractivity (Wildman–Crippen MR) is 56.2 cm³/mol. The summed E-state index contributed by atoms with van der Waals surface area (Å²) in [7, 11) is 0. The van der Waals surface area contributed by atoms with Gasteiger partial charge in [-0.1, -0.05) is 12.8 Å². The smallest absolute Gasteiger partial charge is 0.0546 e. The number of aliphatic hydroxyl groups excluding tert-OH is 1. The Bertz CT molecular complexity index is 243. The third-order valence-corrected chi connectivity index (χ3v) is 3.61. The zero-order valence-electron chi connectivity index (χ0n) is 7.78. The van der Waals surface area contributed by atoms with Crippen molar-refractivity contribution in [2.24, 2.45) is 0 Å². The average Bonchev–Trinajstić information content (AvgIpc) is 2.56. The van der Waals surface area contributed by atoms with Gasteiger partial charge in [0.15, 0.2) is 0 Å². The Hall–Kier alpha value is -0.340. The van der Waals surface area contributed by atoms with Crippen LogP contribution in [0.2, 0.25) is 0 Å². The minimum atomic E-state index is -0.0626. The second-order valence-electron chi connectivity index (χ2n) is 3.93. The van der Waals surface area contributed by atoms with Gasteiger partial charge in [0.2, 0.25) is 0 Å². The van der Waals surface area contributed by atoms with Crippen molar-refractivity contribution < 1.29 is 5.11 Å². The van der Waals surface area contributed by atoms with Crippen molar-refractivity contribution in [3.8, 4) is 0 Å². The molecule has 0 amide bonds. The van der Waals surface area contributed by atoms with E-state index in [2.05, 4.69) is 16.8 Å². The van der Waals surface area contributed by atoms with Crippen LogP contribution in [0.1, 0.15) is 43.6 Å². The summed E-state index contributed by atoms with van der Waals surface area (Å²) in [5.74, 6) is 0.615. The van der Waals surface area contributed by atoms with Crippen LogP contribution in [-0.4, -0.2) is 11.2 Å². The van der Waals surface area contributed by atoms with E-state index in [0.29, 0.717) is 5.92 Å². The molecule has 1 aliphatic rings. The summed E-state index contributed by atoms with van der Waals surface area (Å²) < 4.78 is 0. The van der Waals surface area contributed by atoms with Gasteiger partial charge in [0, 0.05) is 0 Å². The number of thiophene rings is 1. The molecule has 1 aromatic rings. The molecular weight excluding hydrogens is 180 g/mol. The molecule has 13 heavy (non-hydrogen) atoms. The van der Waals surface area contributed by atoms with Crippen molar-refractivity contribution in [1.29, 1.82) is 0 Å². The van der Waals surface area contributed by atoms with E-state index in [9.17, 15) is 5.11 Å². The van der Waals surface area contributed by atoms with Gasteiger partial charge >= 0.3 is 0 Å². The Morgan fingerprint density at radius 1 is 1.31 bits per heavy atom. The minimum absolute atomic E-state index is 0.0626. The SMILES string of the molecule is OC1CCCCC(c2ccsc2)C1. The summed E-state index contributed by atoms with van der Waals surface area (Å²) in [6.07, 6.45) is 5.64. The number of aliphatic hydroxyl groups is 1. The molecule has 1 heterocycles. The molecule has 0 aromatic carbocycles. The van der Waals surface area contributed by atoms with Gasteiger partial charge in [-0.2, -0.15) is 11.3 Å². The fourth-order valence-electron chi connectivity index (χ4n) is 2.14. The van der Waals surface area contributed by atoms with Crippen LogP contribution in [0.15, 0.2) is 16.8 Å². The van der Waals surface area contributed by atoms with Crippen molar-refractivity contribution >= 4 is 11.3 Å². The fourth-order valence-corrected chi connectivity index (χ4v) is 2.89. The second kappa shape index (κ2) is 4.25. The topological polar surface area (TPSA) is 20.2 Å². The Balaban J connectivity index is 2.05. The summed E-state index contributed by atoms with van der Waals surface area (Å²) in [6, 6.07) is 2.20. The molecule has 2 heteroatoms. The molecule has 0 bridgehead atoms. The van der Waals surface area contributed by atoms with E-state index in [1.54, 1.807) is 11.3 Å². The number of hydrogen-bond donors (Lipinski definition) is 1. The van der Waals surface area contributed by atoms with Gasteiger partial charge in [-0.25, -0.2) is 0 Å². The molecule has 0 aliphatic heterocycles. The first-order chi connectivity index (χ1) is 6.36. The van der Waals surface area contributed by atoms with E-state index in [0.717, 1.165) is 12.8 Å². The van der Waals surface area contributed by atoms with E-state index < -0.39 is 0 Å². The molecule has 1 nitrogen and oxygen atoms in total. The Kier molecular flexibility index (Phi) is 3.01. The molecule has 0 spiro atoms. The normalized spacial score (nSPS) is 29.9. The fraction of sp³-hybridized carbons (Fsp3) is 0.636. The van der Waals surface area contributed by atoms with Crippen LogP contribution < -0.4 is 0 Å². The van der Waals surface area contributed by atoms with Crippen LogP contribution in [0.5, 0.6) is 0 Å². The molecule has 72 valence electrons. The summed E-state index contributed by atoms with van der Waals surface area (Å²) >= 11 is 1.76. The van der Waals surface area contributed by atoms with E-state index in [1.165, 1.54) is 24.8 Å². The van der Waals surface area contributed by atoms with E-state index in [-0.39, 0.29) is 6.10 Å². The quantitative estimate of drug-likeness (QED) is 0.684. The standard InChI is InChI=1S/C11H16OS/c12-11-4-2-1-3-9(7-11)10-5-6-13-8-10/h5-6,8-9,11-12H,1-4,7H2. The lowest BCUT2D eigenvalue weighted by molar-refractivity contribution is 0.152. The van der Waals surface area contributed by atoms with Crippen LogP contribution in [0.4, 0.5) is 0 Å². The van der Waals surface area contributed by atoms with Gasteiger partial charge in [-0.05, 0) is 47.6 Å². The van der Waals surface area contributed by atoms with Crippen LogP contribution in [0.25, 0.3) is 0 Å². The monoisotopic (exact) mass is 196 g/mol. The summed E-state index contributed by atoms with van der Waals surface area (Å²) in [4.78, 5) is 0. The first-order valence-electron chi connectivity index (χ1n) is 5.06. The third-order valence-electron chi connectivity index (χ3n) is 2.91. The van der Waals surface area contributed by atoms with Gasteiger partial charge in [-0.15, -0.1) is 0 Å². The first-order valence-corrected chi connectivity index (χ1v) is 6.00. The third kappa shape index (κ3) is 2.32. The lowest BCUT2D eigenvalue weighted by Crippen LogP contribution is -2.08. The molecule has 0 saturated heterocycles. The highest BCUT2D eigenvalue weighted by Crippen LogP contribution is 2.32. The predicted octanol–water partition coefficient (Wildman–Crippen LogP) is 3.16. The molecular formula is C11H16OS. The molecule has 1 aliphatic carbocycles. The Morgan fingerprint density at radius 3 is 2.92 bits per heavy atom. The van der Waals surface area contributed by atoms with Crippen LogP contribution in [-0.2, 0) is 0 Å². The molecule has 2 unspecified atom stereocenters. The van der Waals surface area contributed by atoms with Crippen molar-refractivity contribution in [1.82, 2.24) is 0 Å². The van der Waals surface area contributed by atoms with Crippen LogP contribution >= 0.6 is 11.3 Å². The Morgan fingerprint density at radius 2 is 2.15 bits per heavy atom. The van der Waals surface area contributed by atoms with Gasteiger partial charge in [-0.3, -0.25) is 0 Å². The molecule has 0 radical (unpaired) electrons. The highest BCUT2D eigenvalue weighted by Gasteiger charge is 2.19. The van der Waals surface area contributed by atoms with Gasteiger partial charge < -0.3 is 5.11 Å². The van der Waals surface area contributed by atoms with Crippen molar-refractivity contribution in [2.45, 2.75) is 44.1 Å². The average molecular weight is 196 g/mol. The van der Waals surface area contributed by atoms with Crippen LogP contribution in [0, 0.1) is 0 Å². The highest BCUT2D eigenvalue weighted by atomic mass is 32.1. The lowest BCUT2D eigenvalue weighted by Gasteiger charge is -2.14. The number of hydrogen-bond acceptors (Lipinski definition) is 2. The molecule has 2 atom stereocenters. The van der Waals surface area contributed by atoms with Gasteiger partial charge in [0.1, 0.15) is 0 Å². The van der Waals surface area contributed by atoms with E-state index in [1.807, 2.05) is 0 Å². The Labute approximate surface area is 83.4 Å². The van der Waals surface area contributed by atoms with Crippen molar-refractivity contribution in [3.05, 3.63) is 22.4 Å². The zero-order valence-corrected chi connectivity index (χ0v) is 8.59. The molecule has 1 N–H and O–H groups in total. The van der Waals surface area contributed by atoms with Gasteiger partial charge in [0.05, 0.1) is 6.10 Å². The van der Waals surface area contributed by atoms with Crippen LogP contribution in [0.3, 0.4) is 0 Å². The van der Waals surface area contributed by atoms with E-state index >= 15 is 0 Å². The maximum atomic E-state index is 9.66. The first kappa shape index (κ1) is 9.22. The molecule has 1 fully saturated rings. The van der Waals surface area contributed by atoms with E-state index in [4.69, 9.17) is 0 Å². The second-order valence-corrected chi connectivity index (χ2v) is 4.71. The highest BCUT2D eigenvalue weighted by molar-refractivity contribution is 7.07. The number of rotatable bonds is 1. The van der Waals surface area contributed by atoms with Gasteiger partial charge in [0.25, 0.3) is 0 Å². The largest absolute Gasteiger partial charge is 0.393 e. The maximum Gasteiger partial charge on any atom is 0.0546 e. The summed E-state index contributed by atoms with van der Waals surface area (Å²) in [6.45, 7) is 0. The van der Waals surface area contributed by atoms with Crippen molar-refractivity contribution in [3.63, 3.8) is 0 Å². The molecule has 1 saturated carbocycles. The van der Waals surface area contributed by atoms with Crippen molar-refractivity contribution in [2.75, 3.05) is 0 Å². The minimum Gasteiger partial charge on any atom is -0.393 e. The summed E-state index contributed by atoms with van der Waals surface area (Å²) in [5.41, 5.74) is 1.44. The lowest BCUT2D eigenvalue weighted by atomic mass is 9.93. The zero-order chi connectivity index (χ0) is 9.10. The molecule has 1 aromatic heterocycles.